The number of methoxy groups -OCH3 is 1. The first kappa shape index (κ1) is 16.6. The Morgan fingerprint density at radius 1 is 1.13 bits per heavy atom. The number of hydrogen-bond donors (Lipinski definition) is 1. The van der Waals surface area contributed by atoms with Gasteiger partial charge in [-0.2, -0.15) is 0 Å². The molecule has 0 saturated carbocycles. The molecular formula is C17H14O5S. The molecule has 2 aromatic rings. The van der Waals surface area contributed by atoms with Crippen LogP contribution in [0, 0.1) is 11.8 Å². The smallest absolute Gasteiger partial charge is 0.236 e. The molecule has 0 bridgehead atoms. The first-order chi connectivity index (χ1) is 10.8. The Morgan fingerprint density at radius 3 is 2.35 bits per heavy atom. The fourth-order valence-corrected chi connectivity index (χ4v) is 2.44. The maximum atomic E-state index is 12.0. The molecule has 0 unspecified atom stereocenters. The molecule has 0 aliphatic rings. The average molecular weight is 330 g/mol. The molecule has 0 atom stereocenters. The Hall–Kier alpha value is -2.78. The third-order valence-corrected chi connectivity index (χ3v) is 4.17. The fraction of sp³-hybridized carbons (Fsp3) is 0.118. The lowest BCUT2D eigenvalue weighted by molar-refractivity contribution is 0.105. The number of carbonyl (C=O) groups excluding carboxylic acids is 1. The molecule has 2 rings (SSSR count). The van der Waals surface area contributed by atoms with Crippen LogP contribution in [0.3, 0.4) is 0 Å². The van der Waals surface area contributed by atoms with Gasteiger partial charge in [-0.3, -0.25) is 4.79 Å². The zero-order valence-corrected chi connectivity index (χ0v) is 13.3. The summed E-state index contributed by atoms with van der Waals surface area (Å²) in [6, 6.07) is 10.2. The topological polar surface area (TPSA) is 80.7 Å². The van der Waals surface area contributed by atoms with Crippen LogP contribution in [0.2, 0.25) is 0 Å². The molecule has 0 amide bonds. The lowest BCUT2D eigenvalue weighted by Gasteiger charge is -2.03. The van der Waals surface area contributed by atoms with Crippen LogP contribution in [0.25, 0.3) is 0 Å². The third-order valence-electron chi connectivity index (χ3n) is 3.04. The van der Waals surface area contributed by atoms with Crippen molar-refractivity contribution in [3.63, 3.8) is 0 Å². The Labute approximate surface area is 134 Å². The van der Waals surface area contributed by atoms with Crippen molar-refractivity contribution in [1.29, 1.82) is 0 Å². The van der Waals surface area contributed by atoms with Gasteiger partial charge < -0.3 is 9.84 Å². The lowest BCUT2D eigenvalue weighted by Crippen LogP contribution is -1.97. The second-order valence-corrected chi connectivity index (χ2v) is 6.78. The minimum Gasteiger partial charge on any atom is -0.504 e. The number of ether oxygens (including phenoxy) is 1. The number of carbonyl (C=O) groups is 1. The van der Waals surface area contributed by atoms with Crippen molar-refractivity contribution < 1.29 is 23.1 Å². The van der Waals surface area contributed by atoms with Gasteiger partial charge in [0, 0.05) is 17.4 Å². The quantitative estimate of drug-likeness (QED) is 0.688. The Kier molecular flexibility index (Phi) is 4.72. The van der Waals surface area contributed by atoms with Crippen molar-refractivity contribution >= 4 is 15.6 Å². The van der Waals surface area contributed by atoms with Gasteiger partial charge in [0.1, 0.15) is 0 Å². The van der Waals surface area contributed by atoms with Crippen molar-refractivity contribution in [3.05, 3.63) is 53.6 Å². The number of benzene rings is 2. The number of Topliss-reactive ketones (excluding diaryl/α,β-unsaturated/α-hetero) is 1. The summed E-state index contributed by atoms with van der Waals surface area (Å²) in [6.45, 7) is 0. The highest BCUT2D eigenvalue weighted by Gasteiger charge is 2.08. The first-order valence-corrected chi connectivity index (χ1v) is 8.44. The lowest BCUT2D eigenvalue weighted by atomic mass is 10.1. The predicted octanol–water partition coefficient (Wildman–Crippen LogP) is 2.04. The highest BCUT2D eigenvalue weighted by Crippen LogP contribution is 2.26. The van der Waals surface area contributed by atoms with E-state index in [0.29, 0.717) is 11.1 Å². The summed E-state index contributed by atoms with van der Waals surface area (Å²) in [4.78, 5) is 12.2. The molecule has 1 N–H and O–H groups in total. The van der Waals surface area contributed by atoms with E-state index < -0.39 is 15.6 Å². The van der Waals surface area contributed by atoms with Crippen molar-refractivity contribution in [2.45, 2.75) is 4.90 Å². The summed E-state index contributed by atoms with van der Waals surface area (Å²) < 4.78 is 27.7. The second kappa shape index (κ2) is 6.55. The molecule has 6 heteroatoms. The Balaban J connectivity index is 2.23. The zero-order valence-electron chi connectivity index (χ0n) is 12.5. The molecule has 0 spiro atoms. The number of phenolic OH excluding ortho intramolecular Hbond substituents is 1. The molecule has 0 aliphatic carbocycles. The summed E-state index contributed by atoms with van der Waals surface area (Å²) >= 11 is 0. The van der Waals surface area contributed by atoms with Crippen LogP contribution in [0.5, 0.6) is 11.5 Å². The van der Waals surface area contributed by atoms with Crippen LogP contribution in [0.1, 0.15) is 15.9 Å². The summed E-state index contributed by atoms with van der Waals surface area (Å²) in [6.07, 6.45) is 1.12. The van der Waals surface area contributed by atoms with E-state index in [9.17, 15) is 18.3 Å². The van der Waals surface area contributed by atoms with E-state index in [1.165, 1.54) is 49.6 Å². The van der Waals surface area contributed by atoms with Gasteiger partial charge in [-0.05, 0) is 48.4 Å². The number of aromatic hydroxyl groups is 1. The Bertz CT molecular complexity index is 900. The highest BCUT2D eigenvalue weighted by atomic mass is 32.2. The molecule has 0 heterocycles. The highest BCUT2D eigenvalue weighted by molar-refractivity contribution is 7.90. The van der Waals surface area contributed by atoms with Gasteiger partial charge in [0.2, 0.25) is 5.78 Å². The normalized spacial score (nSPS) is 10.5. The van der Waals surface area contributed by atoms with E-state index in [0.717, 1.165) is 6.26 Å². The standard InChI is InChI=1S/C17H14O5S/c1-22-17-11-13(6-10-16(17)19)15(18)9-5-12-3-7-14(8-4-12)23(2,20)21/h3-4,6-8,10-11,19H,1-2H3. The third kappa shape index (κ3) is 4.11. The number of ketones is 1. The summed E-state index contributed by atoms with van der Waals surface area (Å²) in [5.74, 6) is 4.84. The van der Waals surface area contributed by atoms with Gasteiger partial charge in [0.25, 0.3) is 0 Å². The van der Waals surface area contributed by atoms with E-state index in [2.05, 4.69) is 11.8 Å². The van der Waals surface area contributed by atoms with Gasteiger partial charge in [0.05, 0.1) is 12.0 Å². The van der Waals surface area contributed by atoms with E-state index in [-0.39, 0.29) is 16.4 Å². The van der Waals surface area contributed by atoms with Crippen molar-refractivity contribution in [2.24, 2.45) is 0 Å². The van der Waals surface area contributed by atoms with Crippen molar-refractivity contribution in [3.8, 4) is 23.3 Å². The Morgan fingerprint density at radius 2 is 1.78 bits per heavy atom. The van der Waals surface area contributed by atoms with Crippen LogP contribution in [-0.2, 0) is 9.84 Å². The molecule has 0 aromatic heterocycles. The molecule has 2 aromatic carbocycles. The van der Waals surface area contributed by atoms with Crippen LogP contribution >= 0.6 is 0 Å². The number of sulfone groups is 1. The number of rotatable bonds is 3. The van der Waals surface area contributed by atoms with Crippen LogP contribution in [-0.4, -0.2) is 32.7 Å². The first-order valence-electron chi connectivity index (χ1n) is 6.55. The minimum absolute atomic E-state index is 0.0617. The maximum absolute atomic E-state index is 12.0. The van der Waals surface area contributed by atoms with Gasteiger partial charge in [-0.15, -0.1) is 0 Å². The summed E-state index contributed by atoms with van der Waals surface area (Å²) in [7, 11) is -1.87. The monoisotopic (exact) mass is 330 g/mol. The van der Waals surface area contributed by atoms with Gasteiger partial charge >= 0.3 is 0 Å². The molecule has 0 aliphatic heterocycles. The molecule has 118 valence electrons. The summed E-state index contributed by atoms with van der Waals surface area (Å²) in [5, 5.41) is 9.49. The molecule has 0 saturated heterocycles. The number of hydrogen-bond acceptors (Lipinski definition) is 5. The van der Waals surface area contributed by atoms with Crippen LogP contribution < -0.4 is 4.74 Å². The van der Waals surface area contributed by atoms with Gasteiger partial charge in [0.15, 0.2) is 21.3 Å². The van der Waals surface area contributed by atoms with Crippen molar-refractivity contribution in [1.82, 2.24) is 0 Å². The van der Waals surface area contributed by atoms with Gasteiger partial charge in [-0.25, -0.2) is 8.42 Å². The largest absolute Gasteiger partial charge is 0.504 e. The van der Waals surface area contributed by atoms with Gasteiger partial charge in [-0.1, -0.05) is 5.92 Å². The number of phenols is 1. The molecule has 5 nitrogen and oxygen atoms in total. The average Bonchev–Trinajstić information content (AvgIpc) is 2.52. The fourth-order valence-electron chi connectivity index (χ4n) is 1.81. The predicted molar refractivity (Wildman–Crippen MR) is 85.4 cm³/mol. The molecule has 0 fully saturated rings. The zero-order chi connectivity index (χ0) is 17.0. The van der Waals surface area contributed by atoms with E-state index in [1.807, 2.05) is 0 Å². The minimum atomic E-state index is -3.26. The van der Waals surface area contributed by atoms with E-state index >= 15 is 0 Å². The second-order valence-electron chi connectivity index (χ2n) is 4.76. The van der Waals surface area contributed by atoms with Crippen LogP contribution in [0.15, 0.2) is 47.4 Å². The summed E-state index contributed by atoms with van der Waals surface area (Å²) in [5.41, 5.74) is 0.816. The van der Waals surface area contributed by atoms with Crippen LogP contribution in [0.4, 0.5) is 0 Å². The molecule has 0 radical (unpaired) electrons. The van der Waals surface area contributed by atoms with Crippen molar-refractivity contribution in [2.75, 3.05) is 13.4 Å². The molecule has 23 heavy (non-hydrogen) atoms. The van der Waals surface area contributed by atoms with E-state index in [1.54, 1.807) is 0 Å². The maximum Gasteiger partial charge on any atom is 0.236 e. The van der Waals surface area contributed by atoms with E-state index in [4.69, 9.17) is 4.74 Å². The molecular weight excluding hydrogens is 316 g/mol. The SMILES string of the molecule is COc1cc(C(=O)C#Cc2ccc(S(C)(=O)=O)cc2)ccc1O.